The fourth-order valence-electron chi connectivity index (χ4n) is 1.46. The topological polar surface area (TPSA) is 78.9 Å². The summed E-state index contributed by atoms with van der Waals surface area (Å²) in [6.07, 6.45) is -2.42. The summed E-state index contributed by atoms with van der Waals surface area (Å²) < 4.78 is 43.8. The van der Waals surface area contributed by atoms with Crippen LogP contribution < -0.4 is 10.5 Å². The van der Waals surface area contributed by atoms with Crippen molar-refractivity contribution in [3.63, 3.8) is 0 Å². The van der Waals surface area contributed by atoms with Gasteiger partial charge in [0.1, 0.15) is 12.0 Å². The van der Waals surface area contributed by atoms with E-state index in [4.69, 9.17) is 10.5 Å². The molecule has 2 rings (SSSR count). The van der Waals surface area contributed by atoms with Crippen LogP contribution in [0, 0.1) is 0 Å². The van der Waals surface area contributed by atoms with E-state index in [1.807, 2.05) is 0 Å². The minimum Gasteiger partial charge on any atom is -0.473 e. The van der Waals surface area contributed by atoms with Crippen LogP contribution in [0.2, 0.25) is 0 Å². The molecule has 2 N–H and O–H groups in total. The first-order valence-corrected chi connectivity index (χ1v) is 5.69. The molecular weight excluding hydrogens is 275 g/mol. The first-order valence-electron chi connectivity index (χ1n) is 5.69. The Morgan fingerprint density at radius 1 is 1.30 bits per heavy atom. The number of ether oxygens (including phenoxy) is 1. The Bertz CT molecular complexity index is 608. The molecule has 0 aromatic carbocycles. The molecule has 0 amide bonds. The summed E-state index contributed by atoms with van der Waals surface area (Å²) in [5.74, 6) is 0.139. The van der Waals surface area contributed by atoms with E-state index in [0.29, 0.717) is 0 Å². The van der Waals surface area contributed by atoms with Gasteiger partial charge in [-0.3, -0.25) is 0 Å². The van der Waals surface area contributed by atoms with Gasteiger partial charge in [0.2, 0.25) is 5.88 Å². The smallest absolute Gasteiger partial charge is 0.435 e. The zero-order valence-electron chi connectivity index (χ0n) is 10.7. The highest BCUT2D eigenvalue weighted by molar-refractivity contribution is 5.59. The number of nitrogens with zero attached hydrogens (tertiary/aromatic N) is 4. The van der Waals surface area contributed by atoms with Gasteiger partial charge < -0.3 is 10.5 Å². The van der Waals surface area contributed by atoms with Gasteiger partial charge in [-0.15, -0.1) is 0 Å². The lowest BCUT2D eigenvalue weighted by atomic mass is 10.4. The van der Waals surface area contributed by atoms with E-state index in [1.54, 1.807) is 13.8 Å². The summed E-state index contributed by atoms with van der Waals surface area (Å²) in [7, 11) is 0. The monoisotopic (exact) mass is 287 g/mol. The van der Waals surface area contributed by atoms with Crippen LogP contribution in [-0.2, 0) is 6.18 Å². The van der Waals surface area contributed by atoms with Crippen LogP contribution >= 0.6 is 0 Å². The lowest BCUT2D eigenvalue weighted by Gasteiger charge is -2.12. The molecule has 108 valence electrons. The minimum atomic E-state index is -4.52. The van der Waals surface area contributed by atoms with E-state index >= 15 is 0 Å². The summed E-state index contributed by atoms with van der Waals surface area (Å²) in [5.41, 5.74) is 4.79. The SMILES string of the molecule is CC(C)Oc1ncnc(-n2ccc(C(F)(F)F)n2)c1N. The number of hydrogen-bond acceptors (Lipinski definition) is 5. The first-order chi connectivity index (χ1) is 9.29. The molecule has 0 unspecified atom stereocenters. The van der Waals surface area contributed by atoms with Gasteiger partial charge in [-0.05, 0) is 19.9 Å². The van der Waals surface area contributed by atoms with Crippen molar-refractivity contribution in [2.45, 2.75) is 26.1 Å². The lowest BCUT2D eigenvalue weighted by molar-refractivity contribution is -0.141. The van der Waals surface area contributed by atoms with Crippen molar-refractivity contribution in [2.24, 2.45) is 0 Å². The van der Waals surface area contributed by atoms with Crippen molar-refractivity contribution >= 4 is 5.69 Å². The fraction of sp³-hybridized carbons (Fsp3) is 0.364. The molecule has 9 heteroatoms. The third kappa shape index (κ3) is 2.81. The summed E-state index contributed by atoms with van der Waals surface area (Å²) in [6, 6.07) is 0.838. The van der Waals surface area contributed by atoms with Crippen LogP contribution in [0.5, 0.6) is 5.88 Å². The number of alkyl halides is 3. The minimum absolute atomic E-state index is 0.0259. The van der Waals surface area contributed by atoms with Crippen LogP contribution in [0.1, 0.15) is 19.5 Å². The summed E-state index contributed by atoms with van der Waals surface area (Å²) in [4.78, 5) is 7.67. The standard InChI is InChI=1S/C11H12F3N5O/c1-6(2)20-10-8(15)9(16-5-17-10)19-4-3-7(18-19)11(12,13)14/h3-6H,15H2,1-2H3. The van der Waals surface area contributed by atoms with Crippen molar-refractivity contribution in [3.8, 4) is 11.7 Å². The molecule has 0 bridgehead atoms. The van der Waals surface area contributed by atoms with Crippen molar-refractivity contribution in [1.29, 1.82) is 0 Å². The van der Waals surface area contributed by atoms with Crippen molar-refractivity contribution in [2.75, 3.05) is 5.73 Å². The average molecular weight is 287 g/mol. The fourth-order valence-corrected chi connectivity index (χ4v) is 1.46. The van der Waals surface area contributed by atoms with Gasteiger partial charge in [0.15, 0.2) is 11.5 Å². The molecule has 2 heterocycles. The van der Waals surface area contributed by atoms with Gasteiger partial charge in [-0.2, -0.15) is 23.3 Å². The van der Waals surface area contributed by atoms with E-state index < -0.39 is 11.9 Å². The van der Waals surface area contributed by atoms with Crippen LogP contribution in [0.15, 0.2) is 18.6 Å². The quantitative estimate of drug-likeness (QED) is 0.934. The summed E-state index contributed by atoms with van der Waals surface area (Å²) in [5, 5.41) is 3.40. The Kier molecular flexibility index (Phi) is 3.51. The van der Waals surface area contributed by atoms with Crippen molar-refractivity contribution in [1.82, 2.24) is 19.7 Å². The highest BCUT2D eigenvalue weighted by Gasteiger charge is 2.34. The van der Waals surface area contributed by atoms with Crippen LogP contribution in [0.4, 0.5) is 18.9 Å². The predicted octanol–water partition coefficient (Wildman–Crippen LogP) is 2.05. The molecule has 2 aromatic heterocycles. The molecule has 6 nitrogen and oxygen atoms in total. The molecule has 0 aliphatic heterocycles. The molecule has 20 heavy (non-hydrogen) atoms. The van der Waals surface area contributed by atoms with E-state index in [1.165, 1.54) is 0 Å². The van der Waals surface area contributed by atoms with E-state index in [9.17, 15) is 13.2 Å². The van der Waals surface area contributed by atoms with Gasteiger partial charge in [0.25, 0.3) is 0 Å². The third-order valence-electron chi connectivity index (χ3n) is 2.27. The van der Waals surface area contributed by atoms with E-state index in [2.05, 4.69) is 15.1 Å². The molecule has 0 aliphatic carbocycles. The number of nitrogen functional groups attached to an aromatic ring is 1. The zero-order valence-corrected chi connectivity index (χ0v) is 10.7. The highest BCUT2D eigenvalue weighted by atomic mass is 19.4. The first kappa shape index (κ1) is 14.1. The Morgan fingerprint density at radius 2 is 2.00 bits per heavy atom. The molecular formula is C11H12F3N5O. The Morgan fingerprint density at radius 3 is 2.55 bits per heavy atom. The molecule has 0 saturated carbocycles. The van der Waals surface area contributed by atoms with Gasteiger partial charge in [0, 0.05) is 6.20 Å². The largest absolute Gasteiger partial charge is 0.473 e. The van der Waals surface area contributed by atoms with Crippen molar-refractivity contribution in [3.05, 3.63) is 24.3 Å². The molecule has 2 aromatic rings. The number of halogens is 3. The lowest BCUT2D eigenvalue weighted by Crippen LogP contribution is -2.13. The highest BCUT2D eigenvalue weighted by Crippen LogP contribution is 2.29. The summed E-state index contributed by atoms with van der Waals surface area (Å²) >= 11 is 0. The molecule has 0 spiro atoms. The van der Waals surface area contributed by atoms with Gasteiger partial charge in [-0.1, -0.05) is 0 Å². The Labute approximate surface area is 112 Å². The molecule has 0 radical (unpaired) electrons. The van der Waals surface area contributed by atoms with Crippen molar-refractivity contribution < 1.29 is 17.9 Å². The molecule has 0 aliphatic rings. The van der Waals surface area contributed by atoms with Gasteiger partial charge >= 0.3 is 6.18 Å². The second-order valence-electron chi connectivity index (χ2n) is 4.23. The van der Waals surface area contributed by atoms with Gasteiger partial charge in [0.05, 0.1) is 6.10 Å². The van der Waals surface area contributed by atoms with E-state index in [0.717, 1.165) is 23.3 Å². The number of hydrogen-bond donors (Lipinski definition) is 1. The van der Waals surface area contributed by atoms with Crippen LogP contribution in [-0.4, -0.2) is 25.9 Å². The second kappa shape index (κ2) is 4.99. The predicted molar refractivity (Wildman–Crippen MR) is 64.3 cm³/mol. The molecule has 0 atom stereocenters. The number of nitrogens with two attached hydrogens (primary N) is 1. The van der Waals surface area contributed by atoms with Crippen LogP contribution in [0.3, 0.4) is 0 Å². The van der Waals surface area contributed by atoms with E-state index in [-0.39, 0.29) is 23.5 Å². The zero-order chi connectivity index (χ0) is 14.9. The molecule has 0 fully saturated rings. The number of aromatic nitrogens is 4. The normalized spacial score (nSPS) is 11.9. The Balaban J connectivity index is 2.40. The Hall–Kier alpha value is -2.32. The van der Waals surface area contributed by atoms with Crippen LogP contribution in [0.25, 0.3) is 5.82 Å². The third-order valence-corrected chi connectivity index (χ3v) is 2.27. The summed E-state index contributed by atoms with van der Waals surface area (Å²) in [6.45, 7) is 3.55. The maximum absolute atomic E-state index is 12.5. The number of rotatable bonds is 3. The maximum atomic E-state index is 12.5. The second-order valence-corrected chi connectivity index (χ2v) is 4.23. The average Bonchev–Trinajstić information content (AvgIpc) is 2.80. The maximum Gasteiger partial charge on any atom is 0.435 e. The van der Waals surface area contributed by atoms with Gasteiger partial charge in [-0.25, -0.2) is 9.67 Å². The molecule has 0 saturated heterocycles. The number of anilines is 1.